The van der Waals surface area contributed by atoms with Crippen LogP contribution in [0.15, 0.2) is 18.6 Å². The van der Waals surface area contributed by atoms with E-state index in [1.54, 1.807) is 0 Å². The van der Waals surface area contributed by atoms with Crippen molar-refractivity contribution in [3.05, 3.63) is 35.4 Å². The summed E-state index contributed by atoms with van der Waals surface area (Å²) in [5.41, 5.74) is 3.00. The zero-order chi connectivity index (χ0) is 16.0. The van der Waals surface area contributed by atoms with Crippen molar-refractivity contribution in [1.82, 2.24) is 24.9 Å². The zero-order valence-electron chi connectivity index (χ0n) is 13.7. The Morgan fingerprint density at radius 1 is 1.35 bits per heavy atom. The lowest BCUT2D eigenvalue weighted by atomic mass is 10.1. The molecule has 0 bridgehead atoms. The van der Waals surface area contributed by atoms with Gasteiger partial charge in [0.05, 0.1) is 17.3 Å². The van der Waals surface area contributed by atoms with Gasteiger partial charge in [-0.1, -0.05) is 19.1 Å². The van der Waals surface area contributed by atoms with Crippen LogP contribution in [0, 0.1) is 5.92 Å². The van der Waals surface area contributed by atoms with Gasteiger partial charge in [0.15, 0.2) is 0 Å². The fourth-order valence-corrected chi connectivity index (χ4v) is 3.54. The van der Waals surface area contributed by atoms with Gasteiger partial charge in [-0.05, 0) is 30.7 Å². The lowest BCUT2D eigenvalue weighted by Gasteiger charge is -2.16. The molecule has 0 spiro atoms. The fourth-order valence-electron chi connectivity index (χ4n) is 3.54. The van der Waals surface area contributed by atoms with Crippen LogP contribution in [0.1, 0.15) is 60.3 Å². The van der Waals surface area contributed by atoms with E-state index in [0.29, 0.717) is 18.4 Å². The van der Waals surface area contributed by atoms with Crippen molar-refractivity contribution in [3.63, 3.8) is 0 Å². The molecule has 2 aromatic rings. The summed E-state index contributed by atoms with van der Waals surface area (Å²) >= 11 is 0. The predicted octanol–water partition coefficient (Wildman–Crippen LogP) is 2.38. The summed E-state index contributed by atoms with van der Waals surface area (Å²) in [6.45, 7) is 5.75. The molecule has 6 nitrogen and oxygen atoms in total. The lowest BCUT2D eigenvalue weighted by Crippen LogP contribution is -2.29. The number of nitrogens with one attached hydrogen (secondary N) is 1. The molecule has 2 fully saturated rings. The number of hydrogen-bond donors (Lipinski definition) is 1. The van der Waals surface area contributed by atoms with Gasteiger partial charge in [-0.15, -0.1) is 5.10 Å². The molecule has 1 saturated carbocycles. The van der Waals surface area contributed by atoms with Gasteiger partial charge in [0.25, 0.3) is 5.91 Å². The minimum Gasteiger partial charge on any atom is -0.367 e. The summed E-state index contributed by atoms with van der Waals surface area (Å²) in [7, 11) is 0. The van der Waals surface area contributed by atoms with Crippen molar-refractivity contribution in [3.8, 4) is 0 Å². The fraction of sp³-hybridized carbons (Fsp3) is 0.588. The van der Waals surface area contributed by atoms with Gasteiger partial charge in [-0.2, -0.15) is 0 Å². The first-order valence-corrected chi connectivity index (χ1v) is 8.54. The van der Waals surface area contributed by atoms with Gasteiger partial charge in [0.2, 0.25) is 0 Å². The van der Waals surface area contributed by atoms with E-state index < -0.39 is 0 Å². The predicted molar refractivity (Wildman–Crippen MR) is 86.3 cm³/mol. The molecule has 0 radical (unpaired) electrons. The highest BCUT2D eigenvalue weighted by molar-refractivity contribution is 5.95. The highest BCUT2D eigenvalue weighted by atomic mass is 16.2. The monoisotopic (exact) mass is 313 g/mol. The van der Waals surface area contributed by atoms with Gasteiger partial charge in [-0.25, -0.2) is 4.68 Å². The van der Waals surface area contributed by atoms with Crippen molar-refractivity contribution in [2.24, 2.45) is 5.92 Å². The summed E-state index contributed by atoms with van der Waals surface area (Å²) < 4.78 is 1.98. The standard InChI is InChI=1S/C17H23N5O/c1-3-12-6-18-7-14(12)17(23)21-8-11(2)16(10-21)22-9-15(19-20-22)13-4-5-13/h6-7,9,11,13,16,18H,3-5,8,10H2,1-2H3/t11-,16+/m1/s1. The molecule has 1 amide bonds. The van der Waals surface area contributed by atoms with E-state index in [-0.39, 0.29) is 11.9 Å². The van der Waals surface area contributed by atoms with E-state index in [9.17, 15) is 4.79 Å². The highest BCUT2D eigenvalue weighted by Crippen LogP contribution is 2.39. The second-order valence-electron chi connectivity index (χ2n) is 6.90. The molecule has 2 aliphatic rings. The minimum absolute atomic E-state index is 0.125. The number of amides is 1. The molecule has 1 saturated heterocycles. The molecule has 6 heteroatoms. The number of carbonyl (C=O) groups excluding carboxylic acids is 1. The summed E-state index contributed by atoms with van der Waals surface area (Å²) in [6, 6.07) is 0.225. The van der Waals surface area contributed by atoms with Gasteiger partial charge < -0.3 is 9.88 Å². The van der Waals surface area contributed by atoms with Crippen LogP contribution in [-0.2, 0) is 6.42 Å². The van der Waals surface area contributed by atoms with E-state index in [1.807, 2.05) is 22.0 Å². The SMILES string of the molecule is CCc1c[nH]cc1C(=O)N1C[C@@H](C)[C@@H](n2cc(C3CC3)nn2)C1. The maximum atomic E-state index is 12.8. The van der Waals surface area contributed by atoms with E-state index in [1.165, 1.54) is 12.8 Å². The number of rotatable bonds is 4. The average Bonchev–Trinajstić information content (AvgIpc) is 2.99. The molecule has 1 aliphatic heterocycles. The number of aromatic nitrogens is 4. The molecule has 3 heterocycles. The average molecular weight is 313 g/mol. The summed E-state index contributed by atoms with van der Waals surface area (Å²) in [4.78, 5) is 17.8. The highest BCUT2D eigenvalue weighted by Gasteiger charge is 2.36. The first-order chi connectivity index (χ1) is 11.2. The number of aryl methyl sites for hydroxylation is 1. The van der Waals surface area contributed by atoms with Crippen LogP contribution in [0.25, 0.3) is 0 Å². The van der Waals surface area contributed by atoms with Crippen LogP contribution in [0.2, 0.25) is 0 Å². The maximum absolute atomic E-state index is 12.8. The van der Waals surface area contributed by atoms with Crippen molar-refractivity contribution >= 4 is 5.91 Å². The Hall–Kier alpha value is -2.11. The Morgan fingerprint density at radius 3 is 2.91 bits per heavy atom. The van der Waals surface area contributed by atoms with Crippen LogP contribution >= 0.6 is 0 Å². The molecule has 1 aliphatic carbocycles. The third-order valence-electron chi connectivity index (χ3n) is 5.17. The van der Waals surface area contributed by atoms with Crippen molar-refractivity contribution in [2.45, 2.75) is 45.1 Å². The van der Waals surface area contributed by atoms with Gasteiger partial charge in [-0.3, -0.25) is 4.79 Å². The molecule has 2 atom stereocenters. The van der Waals surface area contributed by atoms with Crippen LogP contribution in [0.4, 0.5) is 0 Å². The number of nitrogens with zero attached hydrogens (tertiary/aromatic N) is 4. The zero-order valence-corrected chi connectivity index (χ0v) is 13.7. The summed E-state index contributed by atoms with van der Waals surface area (Å²) in [6.07, 6.45) is 9.16. The summed E-state index contributed by atoms with van der Waals surface area (Å²) in [5, 5.41) is 8.63. The van der Waals surface area contributed by atoms with Crippen molar-refractivity contribution in [1.29, 1.82) is 0 Å². The second kappa shape index (κ2) is 5.51. The van der Waals surface area contributed by atoms with Crippen LogP contribution in [-0.4, -0.2) is 43.9 Å². The van der Waals surface area contributed by atoms with Crippen LogP contribution < -0.4 is 0 Å². The normalized spacial score (nSPS) is 24.3. The molecule has 0 aromatic carbocycles. The second-order valence-corrected chi connectivity index (χ2v) is 6.90. The smallest absolute Gasteiger partial charge is 0.255 e. The Balaban J connectivity index is 1.51. The molecule has 0 unspecified atom stereocenters. The number of hydrogen-bond acceptors (Lipinski definition) is 3. The molecule has 122 valence electrons. The molecule has 1 N–H and O–H groups in total. The van der Waals surface area contributed by atoms with Crippen LogP contribution in [0.3, 0.4) is 0 Å². The van der Waals surface area contributed by atoms with Crippen molar-refractivity contribution in [2.75, 3.05) is 13.1 Å². The number of carbonyl (C=O) groups is 1. The Labute approximate surface area is 135 Å². The number of likely N-dealkylation sites (tertiary alicyclic amines) is 1. The third-order valence-corrected chi connectivity index (χ3v) is 5.17. The van der Waals surface area contributed by atoms with E-state index >= 15 is 0 Å². The van der Waals surface area contributed by atoms with E-state index in [0.717, 1.165) is 29.8 Å². The maximum Gasteiger partial charge on any atom is 0.255 e. The van der Waals surface area contributed by atoms with Gasteiger partial charge in [0, 0.05) is 37.6 Å². The summed E-state index contributed by atoms with van der Waals surface area (Å²) in [5.74, 6) is 1.13. The lowest BCUT2D eigenvalue weighted by molar-refractivity contribution is 0.0783. The topological polar surface area (TPSA) is 66.8 Å². The molecule has 2 aromatic heterocycles. The minimum atomic E-state index is 0.125. The third kappa shape index (κ3) is 2.56. The van der Waals surface area contributed by atoms with E-state index in [4.69, 9.17) is 0 Å². The Morgan fingerprint density at radius 2 is 2.17 bits per heavy atom. The number of aromatic amines is 1. The van der Waals surface area contributed by atoms with E-state index in [2.05, 4.69) is 35.3 Å². The first-order valence-electron chi connectivity index (χ1n) is 8.54. The number of H-pyrrole nitrogens is 1. The first kappa shape index (κ1) is 14.5. The molecular formula is C17H23N5O. The molecule has 4 rings (SSSR count). The van der Waals surface area contributed by atoms with Gasteiger partial charge >= 0.3 is 0 Å². The van der Waals surface area contributed by atoms with Crippen LogP contribution in [0.5, 0.6) is 0 Å². The quantitative estimate of drug-likeness (QED) is 0.942. The van der Waals surface area contributed by atoms with Gasteiger partial charge in [0.1, 0.15) is 0 Å². The van der Waals surface area contributed by atoms with Crippen molar-refractivity contribution < 1.29 is 4.79 Å². The molecular weight excluding hydrogens is 290 g/mol. The Kier molecular flexibility index (Phi) is 3.47. The molecule has 23 heavy (non-hydrogen) atoms. The Bertz CT molecular complexity index is 714. The largest absolute Gasteiger partial charge is 0.367 e.